The van der Waals surface area contributed by atoms with E-state index in [0.29, 0.717) is 16.8 Å². The van der Waals surface area contributed by atoms with E-state index in [1.807, 2.05) is 25.1 Å². The van der Waals surface area contributed by atoms with Gasteiger partial charge < -0.3 is 4.90 Å². The number of nitrogens with zero attached hydrogens (tertiary/aromatic N) is 1. The Hall–Kier alpha value is -2.16. The number of carbonyl (C=O) groups is 1. The first-order valence-corrected chi connectivity index (χ1v) is 6.19. The van der Waals surface area contributed by atoms with Crippen LogP contribution in [0, 0.1) is 6.92 Å². The van der Waals surface area contributed by atoms with Gasteiger partial charge in [0, 0.05) is 18.2 Å². The molecule has 2 nitrogen and oxygen atoms in total. The Labute approximate surface area is 111 Å². The van der Waals surface area contributed by atoms with Crippen molar-refractivity contribution in [3.63, 3.8) is 0 Å². The number of fused-ring (bicyclic) bond motifs is 1. The lowest BCUT2D eigenvalue weighted by molar-refractivity contribution is -0.126. The molecule has 0 aromatic heterocycles. The highest BCUT2D eigenvalue weighted by molar-refractivity contribution is 6.08. The van der Waals surface area contributed by atoms with Gasteiger partial charge in [0.05, 0.1) is 5.69 Å². The number of anilines is 1. The van der Waals surface area contributed by atoms with Crippen LogP contribution in [-0.4, -0.2) is 13.0 Å². The van der Waals surface area contributed by atoms with E-state index in [1.165, 1.54) is 4.90 Å². The summed E-state index contributed by atoms with van der Waals surface area (Å²) in [5.41, 5.74) is 0.201. The summed E-state index contributed by atoms with van der Waals surface area (Å²) in [5.74, 6) is -0.525. The number of amides is 1. The van der Waals surface area contributed by atoms with Crippen molar-refractivity contribution in [1.29, 1.82) is 0 Å². The van der Waals surface area contributed by atoms with Crippen LogP contribution in [-0.2, 0) is 10.5 Å². The molecule has 0 radical (unpaired) electrons. The lowest BCUT2D eigenvalue weighted by Crippen LogP contribution is -2.36. The molecule has 0 fully saturated rings. The molecule has 1 amide bonds. The lowest BCUT2D eigenvalue weighted by Gasteiger charge is -2.21. The lowest BCUT2D eigenvalue weighted by atomic mass is 9.86. The molecule has 96 valence electrons. The minimum Gasteiger partial charge on any atom is -0.312 e. The average molecular weight is 255 g/mol. The van der Waals surface area contributed by atoms with Gasteiger partial charge in [0.2, 0.25) is 5.67 Å². The predicted molar refractivity (Wildman–Crippen MR) is 72.9 cm³/mol. The molecular weight excluding hydrogens is 241 g/mol. The summed E-state index contributed by atoms with van der Waals surface area (Å²) in [7, 11) is 1.61. The highest BCUT2D eigenvalue weighted by Crippen LogP contribution is 2.47. The normalized spacial score (nSPS) is 21.6. The first-order valence-electron chi connectivity index (χ1n) is 6.19. The van der Waals surface area contributed by atoms with Crippen LogP contribution in [0.15, 0.2) is 48.5 Å². The molecule has 3 rings (SSSR count). The second-order valence-electron chi connectivity index (χ2n) is 4.85. The standard InChI is InChI=1S/C16H14FNO/c1-11-7-3-4-8-12(11)16(17)13-9-5-6-10-14(13)18(2)15(16)19/h3-10H,1-2H3/t16-/m0/s1. The third kappa shape index (κ3) is 1.44. The monoisotopic (exact) mass is 255 g/mol. The molecule has 2 aromatic rings. The molecule has 1 atom stereocenters. The summed E-state index contributed by atoms with van der Waals surface area (Å²) in [5, 5.41) is 0. The Morgan fingerprint density at radius 2 is 1.58 bits per heavy atom. The number of carbonyl (C=O) groups excluding carboxylic acids is 1. The van der Waals surface area contributed by atoms with Gasteiger partial charge in [0.15, 0.2) is 0 Å². The van der Waals surface area contributed by atoms with Crippen molar-refractivity contribution in [1.82, 2.24) is 0 Å². The zero-order chi connectivity index (χ0) is 13.6. The van der Waals surface area contributed by atoms with Crippen LogP contribution in [0.5, 0.6) is 0 Å². The highest BCUT2D eigenvalue weighted by Gasteiger charge is 2.52. The van der Waals surface area contributed by atoms with E-state index in [2.05, 4.69) is 0 Å². The molecule has 0 bridgehead atoms. The minimum atomic E-state index is -2.07. The predicted octanol–water partition coefficient (Wildman–Crippen LogP) is 3.18. The van der Waals surface area contributed by atoms with E-state index in [0.717, 1.165) is 5.56 Å². The van der Waals surface area contributed by atoms with Crippen LogP contribution >= 0.6 is 0 Å². The summed E-state index contributed by atoms with van der Waals surface area (Å²) >= 11 is 0. The van der Waals surface area contributed by atoms with Crippen LogP contribution in [0.1, 0.15) is 16.7 Å². The maximum Gasteiger partial charge on any atom is 0.273 e. The molecule has 0 N–H and O–H groups in total. The molecule has 1 aliphatic heterocycles. The van der Waals surface area contributed by atoms with Gasteiger partial charge in [-0.2, -0.15) is 0 Å². The molecule has 19 heavy (non-hydrogen) atoms. The topological polar surface area (TPSA) is 20.3 Å². The number of hydrogen-bond acceptors (Lipinski definition) is 1. The van der Waals surface area contributed by atoms with Crippen molar-refractivity contribution < 1.29 is 9.18 Å². The number of aryl methyl sites for hydroxylation is 1. The Morgan fingerprint density at radius 3 is 2.26 bits per heavy atom. The Balaban J connectivity index is 2.31. The number of para-hydroxylation sites is 1. The van der Waals surface area contributed by atoms with E-state index in [9.17, 15) is 4.79 Å². The van der Waals surface area contributed by atoms with Crippen molar-refractivity contribution in [2.24, 2.45) is 0 Å². The number of likely N-dealkylation sites (N-methyl/N-ethyl adjacent to an activating group) is 1. The average Bonchev–Trinajstić information content (AvgIpc) is 2.63. The number of halogens is 1. The Morgan fingerprint density at radius 1 is 1.00 bits per heavy atom. The van der Waals surface area contributed by atoms with Crippen LogP contribution in [0.4, 0.5) is 10.1 Å². The summed E-state index contributed by atoms with van der Waals surface area (Å²) in [6.45, 7) is 1.82. The summed E-state index contributed by atoms with van der Waals surface area (Å²) in [6, 6.07) is 14.1. The summed E-state index contributed by atoms with van der Waals surface area (Å²) < 4.78 is 15.6. The van der Waals surface area contributed by atoms with Gasteiger partial charge in [-0.25, -0.2) is 4.39 Å². The molecular formula is C16H14FNO. The zero-order valence-electron chi connectivity index (χ0n) is 10.9. The number of alkyl halides is 1. The van der Waals surface area contributed by atoms with Crippen molar-refractivity contribution in [2.45, 2.75) is 12.6 Å². The Bertz CT molecular complexity index is 667. The minimum absolute atomic E-state index is 0.428. The number of hydrogen-bond donors (Lipinski definition) is 0. The van der Waals surface area contributed by atoms with Crippen LogP contribution in [0.25, 0.3) is 0 Å². The second kappa shape index (κ2) is 3.92. The number of rotatable bonds is 1. The molecule has 0 spiro atoms. The fraction of sp³-hybridized carbons (Fsp3) is 0.188. The quantitative estimate of drug-likeness (QED) is 0.766. The van der Waals surface area contributed by atoms with Gasteiger partial charge in [-0.3, -0.25) is 4.79 Å². The van der Waals surface area contributed by atoms with E-state index in [1.54, 1.807) is 37.4 Å². The highest BCUT2D eigenvalue weighted by atomic mass is 19.1. The van der Waals surface area contributed by atoms with Crippen molar-refractivity contribution in [3.8, 4) is 0 Å². The van der Waals surface area contributed by atoms with E-state index in [-0.39, 0.29) is 0 Å². The third-order valence-corrected chi connectivity index (χ3v) is 3.75. The van der Waals surface area contributed by atoms with E-state index < -0.39 is 11.6 Å². The molecule has 0 aliphatic carbocycles. The zero-order valence-corrected chi connectivity index (χ0v) is 10.9. The van der Waals surface area contributed by atoms with Crippen LogP contribution in [0.3, 0.4) is 0 Å². The molecule has 0 saturated heterocycles. The van der Waals surface area contributed by atoms with Gasteiger partial charge in [0.25, 0.3) is 5.91 Å². The first kappa shape index (κ1) is 11.9. The van der Waals surface area contributed by atoms with Gasteiger partial charge >= 0.3 is 0 Å². The fourth-order valence-corrected chi connectivity index (χ4v) is 2.73. The molecule has 0 saturated carbocycles. The molecule has 3 heteroatoms. The summed E-state index contributed by atoms with van der Waals surface area (Å²) in [4.78, 5) is 13.8. The van der Waals surface area contributed by atoms with Gasteiger partial charge in [-0.05, 0) is 18.6 Å². The molecule has 1 aliphatic rings. The van der Waals surface area contributed by atoms with Crippen molar-refractivity contribution in [3.05, 3.63) is 65.2 Å². The fourth-order valence-electron chi connectivity index (χ4n) is 2.73. The molecule has 1 heterocycles. The van der Waals surface area contributed by atoms with E-state index in [4.69, 9.17) is 0 Å². The molecule has 0 unspecified atom stereocenters. The Kier molecular flexibility index (Phi) is 2.45. The smallest absolute Gasteiger partial charge is 0.273 e. The third-order valence-electron chi connectivity index (χ3n) is 3.75. The largest absolute Gasteiger partial charge is 0.312 e. The van der Waals surface area contributed by atoms with Crippen molar-refractivity contribution in [2.75, 3.05) is 11.9 Å². The SMILES string of the molecule is Cc1ccccc1[C@@]1(F)C(=O)N(C)c2ccccc21. The maximum atomic E-state index is 15.6. The van der Waals surface area contributed by atoms with Gasteiger partial charge in [-0.1, -0.05) is 42.5 Å². The van der Waals surface area contributed by atoms with Crippen LogP contribution < -0.4 is 4.90 Å². The molecule has 2 aromatic carbocycles. The van der Waals surface area contributed by atoms with Crippen molar-refractivity contribution >= 4 is 11.6 Å². The van der Waals surface area contributed by atoms with E-state index >= 15 is 4.39 Å². The summed E-state index contributed by atoms with van der Waals surface area (Å²) in [6.07, 6.45) is 0. The first-order chi connectivity index (χ1) is 9.06. The van der Waals surface area contributed by atoms with Gasteiger partial charge in [-0.15, -0.1) is 0 Å². The van der Waals surface area contributed by atoms with Gasteiger partial charge in [0.1, 0.15) is 0 Å². The second-order valence-corrected chi connectivity index (χ2v) is 4.85. The van der Waals surface area contributed by atoms with Crippen LogP contribution in [0.2, 0.25) is 0 Å². The maximum absolute atomic E-state index is 15.6. The number of benzene rings is 2.